The van der Waals surface area contributed by atoms with Gasteiger partial charge in [0.05, 0.1) is 6.04 Å². The summed E-state index contributed by atoms with van der Waals surface area (Å²) in [4.78, 5) is 5.34. The number of aryl methyl sites for hydroxylation is 1. The van der Waals surface area contributed by atoms with Crippen molar-refractivity contribution in [2.75, 3.05) is 0 Å². The van der Waals surface area contributed by atoms with E-state index < -0.39 is 0 Å². The average Bonchev–Trinajstić information content (AvgIpc) is 2.45. The second kappa shape index (κ2) is 3.70. The van der Waals surface area contributed by atoms with Crippen molar-refractivity contribution in [3.8, 4) is 12.3 Å². The third-order valence-corrected chi connectivity index (χ3v) is 2.81. The predicted octanol–water partition coefficient (Wildman–Crippen LogP) is 1.84. The van der Waals surface area contributed by atoms with Crippen LogP contribution in [-0.2, 0) is 0 Å². The lowest BCUT2D eigenvalue weighted by Crippen LogP contribution is -2.07. The topological polar surface area (TPSA) is 38.9 Å². The second-order valence-corrected chi connectivity index (χ2v) is 3.85. The van der Waals surface area contributed by atoms with Crippen LogP contribution in [0.4, 0.5) is 0 Å². The summed E-state index contributed by atoms with van der Waals surface area (Å²) in [5, 5.41) is 0.947. The zero-order valence-electron chi connectivity index (χ0n) is 7.29. The van der Waals surface area contributed by atoms with E-state index >= 15 is 0 Å². The van der Waals surface area contributed by atoms with E-state index in [-0.39, 0.29) is 6.04 Å². The second-order valence-electron chi connectivity index (χ2n) is 2.62. The molecule has 0 aliphatic rings. The zero-order valence-corrected chi connectivity index (χ0v) is 8.11. The maximum absolute atomic E-state index is 5.81. The minimum Gasteiger partial charge on any atom is -0.322 e. The van der Waals surface area contributed by atoms with Gasteiger partial charge in [0, 0.05) is 4.88 Å². The van der Waals surface area contributed by atoms with Crippen molar-refractivity contribution in [3.63, 3.8) is 0 Å². The van der Waals surface area contributed by atoms with E-state index in [2.05, 4.69) is 10.9 Å². The highest BCUT2D eigenvalue weighted by atomic mass is 32.1. The summed E-state index contributed by atoms with van der Waals surface area (Å²) >= 11 is 1.59. The summed E-state index contributed by atoms with van der Waals surface area (Å²) in [5.74, 6) is 2.54. The summed E-state index contributed by atoms with van der Waals surface area (Å²) in [5.41, 5.74) is 6.55. The van der Waals surface area contributed by atoms with Crippen LogP contribution in [0.3, 0.4) is 0 Å². The molecule has 1 heterocycles. The van der Waals surface area contributed by atoms with Crippen LogP contribution in [0.15, 0.2) is 0 Å². The number of nitrogens with two attached hydrogens (primary N) is 1. The molecule has 1 aromatic heterocycles. The Kier molecular flexibility index (Phi) is 2.85. The number of terminal acetylenes is 1. The van der Waals surface area contributed by atoms with Gasteiger partial charge in [0.1, 0.15) is 10.7 Å². The first-order chi connectivity index (χ1) is 5.69. The number of nitrogens with zero attached hydrogens (tertiary/aromatic N) is 1. The van der Waals surface area contributed by atoms with E-state index in [4.69, 9.17) is 12.2 Å². The molecule has 12 heavy (non-hydrogen) atoms. The maximum Gasteiger partial charge on any atom is 0.127 e. The number of aromatic nitrogens is 1. The molecule has 0 aromatic carbocycles. The summed E-state index contributed by atoms with van der Waals surface area (Å²) < 4.78 is 0. The average molecular weight is 180 g/mol. The molecule has 2 nitrogen and oxygen atoms in total. The quantitative estimate of drug-likeness (QED) is 0.705. The zero-order chi connectivity index (χ0) is 9.14. The fraction of sp³-hybridized carbons (Fsp3) is 0.444. The van der Waals surface area contributed by atoms with E-state index in [0.717, 1.165) is 22.0 Å². The van der Waals surface area contributed by atoms with E-state index in [1.165, 1.54) is 0 Å². The Hall–Kier alpha value is -0.850. The summed E-state index contributed by atoms with van der Waals surface area (Å²) in [6, 6.07) is 0.0378. The van der Waals surface area contributed by atoms with Crippen LogP contribution in [0.1, 0.15) is 35.0 Å². The van der Waals surface area contributed by atoms with Crippen LogP contribution in [0.25, 0.3) is 0 Å². The molecule has 3 heteroatoms. The lowest BCUT2D eigenvalue weighted by Gasteiger charge is -2.01. The Bertz CT molecular complexity index is 309. The Balaban J connectivity index is 2.98. The van der Waals surface area contributed by atoms with Gasteiger partial charge in [-0.05, 0) is 19.3 Å². The van der Waals surface area contributed by atoms with Gasteiger partial charge in [-0.15, -0.1) is 17.8 Å². The maximum atomic E-state index is 5.81. The Labute approximate surface area is 76.8 Å². The molecule has 1 atom stereocenters. The molecule has 64 valence electrons. The van der Waals surface area contributed by atoms with E-state index in [1.54, 1.807) is 11.3 Å². The van der Waals surface area contributed by atoms with Gasteiger partial charge in [-0.25, -0.2) is 4.98 Å². The van der Waals surface area contributed by atoms with Gasteiger partial charge in [-0.2, -0.15) is 0 Å². The fourth-order valence-corrected chi connectivity index (χ4v) is 1.85. The Morgan fingerprint density at radius 3 is 2.83 bits per heavy atom. The van der Waals surface area contributed by atoms with Gasteiger partial charge in [0.15, 0.2) is 0 Å². The molecular weight excluding hydrogens is 168 g/mol. The van der Waals surface area contributed by atoms with Crippen molar-refractivity contribution in [3.05, 3.63) is 15.6 Å². The van der Waals surface area contributed by atoms with Crippen LogP contribution in [0.5, 0.6) is 0 Å². The third-order valence-electron chi connectivity index (χ3n) is 1.71. The summed E-state index contributed by atoms with van der Waals surface area (Å²) in [7, 11) is 0. The predicted molar refractivity (Wildman–Crippen MR) is 52.0 cm³/mol. The highest BCUT2D eigenvalue weighted by molar-refractivity contribution is 7.11. The van der Waals surface area contributed by atoms with Crippen LogP contribution in [-0.4, -0.2) is 4.98 Å². The van der Waals surface area contributed by atoms with Crippen molar-refractivity contribution in [2.45, 2.75) is 26.3 Å². The molecule has 0 aliphatic heterocycles. The van der Waals surface area contributed by atoms with Crippen LogP contribution in [0.2, 0.25) is 0 Å². The minimum atomic E-state index is 0.0378. The molecular formula is C9H12N2S. The van der Waals surface area contributed by atoms with Crippen molar-refractivity contribution in [1.29, 1.82) is 0 Å². The van der Waals surface area contributed by atoms with Crippen LogP contribution >= 0.6 is 11.3 Å². The lowest BCUT2D eigenvalue weighted by molar-refractivity contribution is 0.692. The van der Waals surface area contributed by atoms with Crippen molar-refractivity contribution >= 4 is 11.3 Å². The third kappa shape index (κ3) is 1.66. The molecule has 1 rings (SSSR count). The van der Waals surface area contributed by atoms with E-state index in [9.17, 15) is 0 Å². The molecule has 0 aliphatic carbocycles. The molecule has 0 amide bonds. The van der Waals surface area contributed by atoms with Gasteiger partial charge >= 0.3 is 0 Å². The normalized spacial score (nSPS) is 12.5. The molecule has 0 saturated heterocycles. The molecule has 0 fully saturated rings. The fourth-order valence-electron chi connectivity index (χ4n) is 0.884. The van der Waals surface area contributed by atoms with Crippen LogP contribution in [0, 0.1) is 19.3 Å². The molecule has 0 saturated carbocycles. The first-order valence-electron chi connectivity index (χ1n) is 3.88. The van der Waals surface area contributed by atoms with Crippen molar-refractivity contribution in [2.24, 2.45) is 5.73 Å². The monoisotopic (exact) mass is 180 g/mol. The summed E-state index contributed by atoms with van der Waals surface area (Å²) in [6.45, 7) is 4.01. The highest BCUT2D eigenvalue weighted by Gasteiger charge is 2.10. The minimum absolute atomic E-state index is 0.0378. The SMILES string of the molecule is C#Cc1nc(C(N)CC)sc1C. The highest BCUT2D eigenvalue weighted by Crippen LogP contribution is 2.22. The molecule has 0 spiro atoms. The molecule has 2 N–H and O–H groups in total. The number of hydrogen-bond acceptors (Lipinski definition) is 3. The summed E-state index contributed by atoms with van der Waals surface area (Å²) in [6.07, 6.45) is 6.16. The van der Waals surface area contributed by atoms with Gasteiger partial charge < -0.3 is 5.73 Å². The molecule has 0 radical (unpaired) electrons. The molecule has 0 bridgehead atoms. The Morgan fingerprint density at radius 1 is 1.75 bits per heavy atom. The van der Waals surface area contributed by atoms with Gasteiger partial charge in [0.25, 0.3) is 0 Å². The number of rotatable bonds is 2. The van der Waals surface area contributed by atoms with Gasteiger partial charge in [-0.3, -0.25) is 0 Å². The molecule has 1 unspecified atom stereocenters. The Morgan fingerprint density at radius 2 is 2.42 bits per heavy atom. The van der Waals surface area contributed by atoms with Crippen LogP contribution < -0.4 is 5.73 Å². The van der Waals surface area contributed by atoms with Gasteiger partial charge in [0.2, 0.25) is 0 Å². The van der Waals surface area contributed by atoms with E-state index in [1.807, 2.05) is 13.8 Å². The number of thiazole rings is 1. The number of hydrogen-bond donors (Lipinski definition) is 1. The largest absolute Gasteiger partial charge is 0.322 e. The van der Waals surface area contributed by atoms with Gasteiger partial charge in [-0.1, -0.05) is 6.92 Å². The van der Waals surface area contributed by atoms with Crippen molar-refractivity contribution < 1.29 is 0 Å². The lowest BCUT2D eigenvalue weighted by atomic mass is 10.2. The smallest absolute Gasteiger partial charge is 0.127 e. The van der Waals surface area contributed by atoms with E-state index in [0.29, 0.717) is 0 Å². The standard InChI is InChI=1S/C9H12N2S/c1-4-7(10)9-11-8(5-2)6(3)12-9/h2,7H,4,10H2,1,3H3. The first kappa shape index (κ1) is 9.24. The molecule has 1 aromatic rings. The van der Waals surface area contributed by atoms with Crippen molar-refractivity contribution in [1.82, 2.24) is 4.98 Å². The first-order valence-corrected chi connectivity index (χ1v) is 4.70.